The lowest BCUT2D eigenvalue weighted by atomic mass is 10.2. The summed E-state index contributed by atoms with van der Waals surface area (Å²) in [6, 6.07) is 12.2. The molecule has 0 unspecified atom stereocenters. The van der Waals surface area contributed by atoms with Gasteiger partial charge in [-0.25, -0.2) is 0 Å². The minimum absolute atomic E-state index is 0.153. The molecular formula is C19H17N3O2S. The highest BCUT2D eigenvalue weighted by molar-refractivity contribution is 7.12. The van der Waals surface area contributed by atoms with Crippen molar-refractivity contribution < 1.29 is 9.59 Å². The van der Waals surface area contributed by atoms with Gasteiger partial charge < -0.3 is 10.6 Å². The first-order chi connectivity index (χ1) is 12.0. The summed E-state index contributed by atoms with van der Waals surface area (Å²) in [4.78, 5) is 30.6. The zero-order valence-electron chi connectivity index (χ0n) is 13.9. The highest BCUT2D eigenvalue weighted by Gasteiger charge is 2.12. The van der Waals surface area contributed by atoms with Crippen LogP contribution in [0.4, 0.5) is 11.4 Å². The monoisotopic (exact) mass is 351 g/mol. The van der Waals surface area contributed by atoms with Crippen molar-refractivity contribution in [1.29, 1.82) is 0 Å². The standard InChI is InChI=1S/C19H17N3O2S/c1-12-10-17(13(2)25-12)19(24)22-16-5-3-4-15(11-16)21-18(23)14-6-8-20-9-7-14/h3-11H,1-2H3,(H,21,23)(H,22,24). The number of aromatic nitrogens is 1. The number of carbonyl (C=O) groups excluding carboxylic acids is 2. The number of nitrogens with one attached hydrogen (secondary N) is 2. The average molecular weight is 351 g/mol. The Bertz CT molecular complexity index is 919. The third-order valence-corrected chi connectivity index (χ3v) is 4.57. The van der Waals surface area contributed by atoms with Gasteiger partial charge in [-0.15, -0.1) is 11.3 Å². The number of benzene rings is 1. The van der Waals surface area contributed by atoms with Crippen molar-refractivity contribution >= 4 is 34.5 Å². The molecule has 2 heterocycles. The van der Waals surface area contributed by atoms with Crippen LogP contribution >= 0.6 is 11.3 Å². The van der Waals surface area contributed by atoms with Crippen LogP contribution < -0.4 is 10.6 Å². The van der Waals surface area contributed by atoms with Gasteiger partial charge in [0.25, 0.3) is 11.8 Å². The fourth-order valence-corrected chi connectivity index (χ4v) is 3.36. The van der Waals surface area contributed by atoms with Crippen LogP contribution in [0, 0.1) is 13.8 Å². The van der Waals surface area contributed by atoms with Crippen molar-refractivity contribution in [3.63, 3.8) is 0 Å². The molecule has 3 aromatic rings. The molecule has 0 fully saturated rings. The van der Waals surface area contributed by atoms with E-state index in [1.807, 2.05) is 19.9 Å². The van der Waals surface area contributed by atoms with Crippen molar-refractivity contribution in [2.24, 2.45) is 0 Å². The maximum atomic E-state index is 12.4. The van der Waals surface area contributed by atoms with E-state index in [0.717, 1.165) is 9.75 Å². The summed E-state index contributed by atoms with van der Waals surface area (Å²) in [5.41, 5.74) is 2.43. The minimum Gasteiger partial charge on any atom is -0.322 e. The molecule has 1 aromatic carbocycles. The first-order valence-electron chi connectivity index (χ1n) is 7.73. The van der Waals surface area contributed by atoms with Gasteiger partial charge in [-0.2, -0.15) is 0 Å². The highest BCUT2D eigenvalue weighted by atomic mass is 32.1. The summed E-state index contributed by atoms with van der Waals surface area (Å²) < 4.78 is 0. The number of thiophene rings is 1. The molecule has 0 radical (unpaired) electrons. The second kappa shape index (κ2) is 7.27. The number of pyridine rings is 1. The van der Waals surface area contributed by atoms with Crippen molar-refractivity contribution in [3.8, 4) is 0 Å². The number of aryl methyl sites for hydroxylation is 2. The van der Waals surface area contributed by atoms with Crippen molar-refractivity contribution in [2.45, 2.75) is 13.8 Å². The predicted molar refractivity (Wildman–Crippen MR) is 100 cm³/mol. The van der Waals surface area contributed by atoms with E-state index in [1.165, 1.54) is 0 Å². The minimum atomic E-state index is -0.227. The Morgan fingerprint density at radius 1 is 0.920 bits per heavy atom. The fraction of sp³-hybridized carbons (Fsp3) is 0.105. The molecule has 0 atom stereocenters. The van der Waals surface area contributed by atoms with Crippen LogP contribution in [0.2, 0.25) is 0 Å². The van der Waals surface area contributed by atoms with E-state index in [0.29, 0.717) is 22.5 Å². The second-order valence-corrected chi connectivity index (χ2v) is 7.01. The van der Waals surface area contributed by atoms with Gasteiger partial charge in [0.2, 0.25) is 0 Å². The quantitative estimate of drug-likeness (QED) is 0.737. The van der Waals surface area contributed by atoms with E-state index in [2.05, 4.69) is 15.6 Å². The summed E-state index contributed by atoms with van der Waals surface area (Å²) in [7, 11) is 0. The third kappa shape index (κ3) is 4.10. The van der Waals surface area contributed by atoms with Crippen LogP contribution in [0.15, 0.2) is 54.9 Å². The summed E-state index contributed by atoms with van der Waals surface area (Å²) in [5, 5.41) is 5.68. The van der Waals surface area contributed by atoms with Gasteiger partial charge in [-0.05, 0) is 50.2 Å². The highest BCUT2D eigenvalue weighted by Crippen LogP contribution is 2.22. The lowest BCUT2D eigenvalue weighted by Crippen LogP contribution is -2.14. The van der Waals surface area contributed by atoms with Crippen molar-refractivity contribution in [1.82, 2.24) is 4.98 Å². The van der Waals surface area contributed by atoms with Crippen molar-refractivity contribution in [3.05, 3.63) is 75.7 Å². The van der Waals surface area contributed by atoms with Gasteiger partial charge in [0.05, 0.1) is 5.56 Å². The Morgan fingerprint density at radius 3 is 2.16 bits per heavy atom. The van der Waals surface area contributed by atoms with E-state index in [4.69, 9.17) is 0 Å². The van der Waals surface area contributed by atoms with Gasteiger partial charge in [-0.3, -0.25) is 14.6 Å². The zero-order valence-corrected chi connectivity index (χ0v) is 14.7. The molecule has 0 aliphatic heterocycles. The molecule has 2 N–H and O–H groups in total. The zero-order chi connectivity index (χ0) is 17.8. The Kier molecular flexibility index (Phi) is 4.90. The van der Waals surface area contributed by atoms with E-state index in [-0.39, 0.29) is 11.8 Å². The summed E-state index contributed by atoms with van der Waals surface area (Å²) in [6.07, 6.45) is 3.13. The Labute approximate surface area is 149 Å². The molecule has 0 saturated carbocycles. The molecular weight excluding hydrogens is 334 g/mol. The third-order valence-electron chi connectivity index (χ3n) is 3.61. The molecule has 2 aromatic heterocycles. The summed E-state index contributed by atoms with van der Waals surface area (Å²) >= 11 is 1.59. The molecule has 2 amide bonds. The maximum Gasteiger partial charge on any atom is 0.256 e. The number of amides is 2. The molecule has 5 nitrogen and oxygen atoms in total. The molecule has 0 saturated heterocycles. The molecule has 0 bridgehead atoms. The topological polar surface area (TPSA) is 71.1 Å². The Morgan fingerprint density at radius 2 is 1.56 bits per heavy atom. The van der Waals surface area contributed by atoms with Gasteiger partial charge in [0, 0.05) is 39.1 Å². The molecule has 6 heteroatoms. The first-order valence-corrected chi connectivity index (χ1v) is 8.54. The molecule has 0 aliphatic carbocycles. The van der Waals surface area contributed by atoms with Gasteiger partial charge in [-0.1, -0.05) is 6.07 Å². The largest absolute Gasteiger partial charge is 0.322 e. The van der Waals surface area contributed by atoms with Crippen LogP contribution in [0.1, 0.15) is 30.5 Å². The number of hydrogen-bond acceptors (Lipinski definition) is 4. The first kappa shape index (κ1) is 16.9. The maximum absolute atomic E-state index is 12.4. The van der Waals surface area contributed by atoms with E-state index < -0.39 is 0 Å². The van der Waals surface area contributed by atoms with Crippen LogP contribution in [-0.2, 0) is 0 Å². The SMILES string of the molecule is Cc1cc(C(=O)Nc2cccc(NC(=O)c3ccncc3)c2)c(C)s1. The summed E-state index contributed by atoms with van der Waals surface area (Å²) in [5.74, 6) is -0.380. The van der Waals surface area contributed by atoms with E-state index in [1.54, 1.807) is 60.1 Å². The average Bonchev–Trinajstić information content (AvgIpc) is 2.94. The lowest BCUT2D eigenvalue weighted by molar-refractivity contribution is 0.101. The van der Waals surface area contributed by atoms with E-state index in [9.17, 15) is 9.59 Å². The summed E-state index contributed by atoms with van der Waals surface area (Å²) in [6.45, 7) is 3.90. The van der Waals surface area contributed by atoms with Gasteiger partial charge in [0.1, 0.15) is 0 Å². The molecule has 25 heavy (non-hydrogen) atoms. The molecule has 126 valence electrons. The Hall–Kier alpha value is -2.99. The van der Waals surface area contributed by atoms with Crippen LogP contribution in [0.25, 0.3) is 0 Å². The van der Waals surface area contributed by atoms with Gasteiger partial charge in [0.15, 0.2) is 0 Å². The number of nitrogens with zero attached hydrogens (tertiary/aromatic N) is 1. The molecule has 0 spiro atoms. The molecule has 3 rings (SSSR count). The predicted octanol–water partition coefficient (Wildman–Crippen LogP) is 4.26. The number of anilines is 2. The fourth-order valence-electron chi connectivity index (χ4n) is 2.44. The van der Waals surface area contributed by atoms with Gasteiger partial charge >= 0.3 is 0 Å². The number of carbonyl (C=O) groups is 2. The van der Waals surface area contributed by atoms with Crippen molar-refractivity contribution in [2.75, 3.05) is 10.6 Å². The Balaban J connectivity index is 1.72. The number of rotatable bonds is 4. The second-order valence-electron chi connectivity index (χ2n) is 5.55. The van der Waals surface area contributed by atoms with Crippen LogP contribution in [0.5, 0.6) is 0 Å². The number of hydrogen-bond donors (Lipinski definition) is 2. The smallest absolute Gasteiger partial charge is 0.256 e. The van der Waals surface area contributed by atoms with E-state index >= 15 is 0 Å². The van der Waals surface area contributed by atoms with Crippen LogP contribution in [-0.4, -0.2) is 16.8 Å². The van der Waals surface area contributed by atoms with Crippen LogP contribution in [0.3, 0.4) is 0 Å². The normalized spacial score (nSPS) is 10.3. The molecule has 0 aliphatic rings. The lowest BCUT2D eigenvalue weighted by Gasteiger charge is -2.09.